The van der Waals surface area contributed by atoms with Crippen LogP contribution in [0.2, 0.25) is 0 Å². The number of carbonyl (C=O) groups excluding carboxylic acids is 3. The Hall–Kier alpha value is -2.79. The molecule has 1 N–H and O–H groups in total. The highest BCUT2D eigenvalue weighted by atomic mass is 79.9. The highest BCUT2D eigenvalue weighted by molar-refractivity contribution is 9.10. The van der Waals surface area contributed by atoms with Gasteiger partial charge in [0.05, 0.1) is 11.6 Å². The molecule has 7 nitrogen and oxygen atoms in total. The number of hydrogen-bond acceptors (Lipinski definition) is 5. The molecule has 2 aliphatic rings. The molecule has 4 amide bonds. The van der Waals surface area contributed by atoms with Crippen molar-refractivity contribution in [2.24, 2.45) is 0 Å². The summed E-state index contributed by atoms with van der Waals surface area (Å²) in [7, 11) is 1.47. The first kappa shape index (κ1) is 20.0. The Kier molecular flexibility index (Phi) is 6.05. The van der Waals surface area contributed by atoms with E-state index in [9.17, 15) is 14.4 Å². The van der Waals surface area contributed by atoms with E-state index in [4.69, 9.17) is 15.9 Å². The SMILES string of the molecule is C#CCOc1c(Br)cc(/C=C2\C(=O)NC(=O)N(C3CCCC3)C2=O)cc1OC. The molecule has 3 rings (SSSR count). The number of benzene rings is 1. The molecule has 1 aromatic carbocycles. The highest BCUT2D eigenvalue weighted by Crippen LogP contribution is 2.37. The monoisotopic (exact) mass is 446 g/mol. The number of hydrogen-bond donors (Lipinski definition) is 1. The van der Waals surface area contributed by atoms with Crippen molar-refractivity contribution in [1.29, 1.82) is 0 Å². The fraction of sp³-hybridized carbons (Fsp3) is 0.350. The molecule has 2 fully saturated rings. The fourth-order valence-corrected chi connectivity index (χ4v) is 3.98. The summed E-state index contributed by atoms with van der Waals surface area (Å²) in [5.41, 5.74) is 0.439. The van der Waals surface area contributed by atoms with Gasteiger partial charge in [-0.2, -0.15) is 0 Å². The minimum absolute atomic E-state index is 0.0642. The lowest BCUT2D eigenvalue weighted by molar-refractivity contribution is -0.131. The molecule has 0 spiro atoms. The van der Waals surface area contributed by atoms with Gasteiger partial charge in [0.2, 0.25) is 0 Å². The van der Waals surface area contributed by atoms with Crippen molar-refractivity contribution in [2.45, 2.75) is 31.7 Å². The van der Waals surface area contributed by atoms with Crippen LogP contribution in [-0.4, -0.2) is 42.5 Å². The van der Waals surface area contributed by atoms with E-state index in [2.05, 4.69) is 27.2 Å². The topological polar surface area (TPSA) is 84.9 Å². The van der Waals surface area contributed by atoms with Crippen LogP contribution in [0, 0.1) is 12.3 Å². The van der Waals surface area contributed by atoms with E-state index >= 15 is 0 Å². The largest absolute Gasteiger partial charge is 0.493 e. The summed E-state index contributed by atoms with van der Waals surface area (Å²) >= 11 is 3.39. The van der Waals surface area contributed by atoms with E-state index in [0.29, 0.717) is 21.5 Å². The maximum atomic E-state index is 12.9. The third kappa shape index (κ3) is 3.90. The van der Waals surface area contributed by atoms with Crippen molar-refractivity contribution in [1.82, 2.24) is 10.2 Å². The van der Waals surface area contributed by atoms with E-state index in [1.165, 1.54) is 13.2 Å². The van der Waals surface area contributed by atoms with Gasteiger partial charge in [0.15, 0.2) is 11.5 Å². The third-order valence-corrected chi connectivity index (χ3v) is 5.27. The summed E-state index contributed by atoms with van der Waals surface area (Å²) in [6, 6.07) is 2.47. The lowest BCUT2D eigenvalue weighted by atomic mass is 10.0. The number of nitrogens with zero attached hydrogens (tertiary/aromatic N) is 1. The molecule has 0 unspecified atom stereocenters. The predicted octanol–water partition coefficient (Wildman–Crippen LogP) is 2.87. The average molecular weight is 447 g/mol. The zero-order chi connectivity index (χ0) is 20.3. The molecule has 1 saturated carbocycles. The van der Waals surface area contributed by atoms with E-state index in [1.54, 1.807) is 12.1 Å². The molecule has 146 valence electrons. The van der Waals surface area contributed by atoms with E-state index in [1.807, 2.05) is 0 Å². The molecule has 1 aromatic rings. The van der Waals surface area contributed by atoms with Crippen LogP contribution >= 0.6 is 15.9 Å². The number of barbiturate groups is 1. The fourth-order valence-electron chi connectivity index (χ4n) is 3.41. The number of rotatable bonds is 5. The molecule has 1 aliphatic carbocycles. The molecule has 0 bridgehead atoms. The zero-order valence-electron chi connectivity index (χ0n) is 15.3. The molecule has 28 heavy (non-hydrogen) atoms. The number of methoxy groups -OCH3 is 1. The first-order chi connectivity index (χ1) is 13.5. The smallest absolute Gasteiger partial charge is 0.331 e. The number of nitrogens with one attached hydrogen (secondary N) is 1. The Morgan fingerprint density at radius 3 is 2.68 bits per heavy atom. The number of amides is 4. The van der Waals surface area contributed by atoms with Crippen molar-refractivity contribution in [2.75, 3.05) is 13.7 Å². The molecular formula is C20H19BrN2O5. The summed E-state index contributed by atoms with van der Waals surface area (Å²) in [4.78, 5) is 38.5. The van der Waals surface area contributed by atoms with Gasteiger partial charge in [-0.25, -0.2) is 4.79 Å². The molecule has 1 saturated heterocycles. The van der Waals surface area contributed by atoms with Crippen molar-refractivity contribution in [3.8, 4) is 23.8 Å². The van der Waals surface area contributed by atoms with Crippen molar-refractivity contribution >= 4 is 39.9 Å². The summed E-state index contributed by atoms with van der Waals surface area (Å²) in [6.07, 6.45) is 10.1. The van der Waals surface area contributed by atoms with Crippen LogP contribution < -0.4 is 14.8 Å². The average Bonchev–Trinajstić information content (AvgIpc) is 3.18. The zero-order valence-corrected chi connectivity index (χ0v) is 16.9. The number of ether oxygens (including phenoxy) is 2. The summed E-state index contributed by atoms with van der Waals surface area (Å²) in [5, 5.41) is 2.26. The summed E-state index contributed by atoms with van der Waals surface area (Å²) in [6.45, 7) is 0.0642. The number of imide groups is 2. The second-order valence-corrected chi connectivity index (χ2v) is 7.31. The molecular weight excluding hydrogens is 428 g/mol. The Bertz CT molecular complexity index is 897. The van der Waals surface area contributed by atoms with Gasteiger partial charge in [-0.1, -0.05) is 18.8 Å². The minimum Gasteiger partial charge on any atom is -0.493 e. The number of carbonyl (C=O) groups is 3. The second-order valence-electron chi connectivity index (χ2n) is 6.46. The maximum Gasteiger partial charge on any atom is 0.331 e. The third-order valence-electron chi connectivity index (χ3n) is 4.69. The van der Waals surface area contributed by atoms with Crippen LogP contribution in [0.5, 0.6) is 11.5 Å². The van der Waals surface area contributed by atoms with Gasteiger partial charge in [-0.3, -0.25) is 19.8 Å². The van der Waals surface area contributed by atoms with Gasteiger partial charge in [0.25, 0.3) is 11.8 Å². The van der Waals surface area contributed by atoms with Crippen molar-refractivity contribution < 1.29 is 23.9 Å². The Balaban J connectivity index is 1.96. The molecule has 1 heterocycles. The Morgan fingerprint density at radius 1 is 1.32 bits per heavy atom. The van der Waals surface area contributed by atoms with Crippen LogP contribution in [0.25, 0.3) is 6.08 Å². The normalized spacial score (nSPS) is 19.0. The first-order valence-electron chi connectivity index (χ1n) is 8.80. The lowest BCUT2D eigenvalue weighted by Crippen LogP contribution is -2.57. The van der Waals surface area contributed by atoms with Gasteiger partial charge in [-0.15, -0.1) is 6.42 Å². The number of halogens is 1. The van der Waals surface area contributed by atoms with Crippen molar-refractivity contribution in [3.05, 3.63) is 27.7 Å². The van der Waals surface area contributed by atoms with Crippen LogP contribution in [0.3, 0.4) is 0 Å². The lowest BCUT2D eigenvalue weighted by Gasteiger charge is -2.31. The molecule has 1 aliphatic heterocycles. The summed E-state index contributed by atoms with van der Waals surface area (Å²) < 4.78 is 11.3. The molecule has 0 atom stereocenters. The molecule has 0 radical (unpaired) electrons. The standard InChI is InChI=1S/C20H19BrN2O5/c1-3-8-28-17-15(21)10-12(11-16(17)27-2)9-14-18(24)22-20(26)23(19(14)25)13-6-4-5-7-13/h1,9-11,13H,4-8H2,2H3,(H,22,24,26)/b14-9+. The van der Waals surface area contributed by atoms with Gasteiger partial charge in [0.1, 0.15) is 12.2 Å². The van der Waals surface area contributed by atoms with Crippen LogP contribution in [0.4, 0.5) is 4.79 Å². The Labute approximate surface area is 171 Å². The van der Waals surface area contributed by atoms with Crippen LogP contribution in [-0.2, 0) is 9.59 Å². The maximum absolute atomic E-state index is 12.9. The second kappa shape index (κ2) is 8.48. The van der Waals surface area contributed by atoms with E-state index < -0.39 is 17.8 Å². The number of terminal acetylenes is 1. The summed E-state index contributed by atoms with van der Waals surface area (Å²) in [5.74, 6) is 1.89. The van der Waals surface area contributed by atoms with Gasteiger partial charge >= 0.3 is 6.03 Å². The minimum atomic E-state index is -0.716. The predicted molar refractivity (Wildman–Crippen MR) is 106 cm³/mol. The van der Waals surface area contributed by atoms with Crippen LogP contribution in [0.15, 0.2) is 22.2 Å². The number of urea groups is 1. The first-order valence-corrected chi connectivity index (χ1v) is 9.60. The van der Waals surface area contributed by atoms with Gasteiger partial charge in [0, 0.05) is 6.04 Å². The van der Waals surface area contributed by atoms with E-state index in [0.717, 1.165) is 30.6 Å². The van der Waals surface area contributed by atoms with Gasteiger partial charge in [-0.05, 0) is 52.5 Å². The molecule has 8 heteroatoms. The van der Waals surface area contributed by atoms with Crippen LogP contribution in [0.1, 0.15) is 31.2 Å². The highest BCUT2D eigenvalue weighted by Gasteiger charge is 2.40. The molecule has 0 aromatic heterocycles. The Morgan fingerprint density at radius 2 is 2.04 bits per heavy atom. The van der Waals surface area contributed by atoms with Gasteiger partial charge < -0.3 is 9.47 Å². The quantitative estimate of drug-likeness (QED) is 0.427. The van der Waals surface area contributed by atoms with E-state index in [-0.39, 0.29) is 18.2 Å². The van der Waals surface area contributed by atoms with Crippen molar-refractivity contribution in [3.63, 3.8) is 0 Å².